The predicted molar refractivity (Wildman–Crippen MR) is 76.2 cm³/mol. The van der Waals surface area contributed by atoms with Gasteiger partial charge in [-0.05, 0) is 5.56 Å². The van der Waals surface area contributed by atoms with Crippen LogP contribution in [0.25, 0.3) is 0 Å². The fourth-order valence-corrected chi connectivity index (χ4v) is 1.67. The lowest BCUT2D eigenvalue weighted by Gasteiger charge is -2.18. The molecule has 0 aliphatic rings. The molecule has 1 rings (SSSR count). The van der Waals surface area contributed by atoms with Crippen molar-refractivity contribution < 1.29 is 19.1 Å². The summed E-state index contributed by atoms with van der Waals surface area (Å²) in [6.45, 7) is -0.464. The van der Waals surface area contributed by atoms with Gasteiger partial charge in [-0.15, -0.1) is 0 Å². The summed E-state index contributed by atoms with van der Waals surface area (Å²) in [6, 6.07) is 8.42. The topological polar surface area (TPSA) is 111 Å². The Morgan fingerprint density at radius 1 is 1.24 bits per heavy atom. The zero-order valence-electron chi connectivity index (χ0n) is 11.8. The standard InChI is InChI=1S/C14H19N3O4/c1-21-13(19)9-16-14(20)11(17-12(18)8-15)7-10-5-3-2-4-6-10/h2-6,11H,7-9,15H2,1H3,(H,16,20)(H,17,18)/t11-/m0/s1. The summed E-state index contributed by atoms with van der Waals surface area (Å²) in [6.07, 6.45) is 0.305. The molecule has 0 spiro atoms. The molecule has 1 aromatic rings. The van der Waals surface area contributed by atoms with Crippen LogP contribution >= 0.6 is 0 Å². The quantitative estimate of drug-likeness (QED) is 0.556. The summed E-state index contributed by atoms with van der Waals surface area (Å²) in [5, 5.41) is 4.94. The molecule has 0 aromatic heterocycles. The fourth-order valence-electron chi connectivity index (χ4n) is 1.67. The Balaban J connectivity index is 2.69. The molecule has 1 atom stereocenters. The molecule has 0 saturated heterocycles. The van der Waals surface area contributed by atoms with Gasteiger partial charge >= 0.3 is 5.97 Å². The lowest BCUT2D eigenvalue weighted by molar-refractivity contribution is -0.141. The zero-order valence-corrected chi connectivity index (χ0v) is 11.8. The van der Waals surface area contributed by atoms with Crippen molar-refractivity contribution in [2.75, 3.05) is 20.2 Å². The second-order valence-corrected chi connectivity index (χ2v) is 4.31. The van der Waals surface area contributed by atoms with E-state index in [0.717, 1.165) is 5.56 Å². The number of esters is 1. The first-order valence-electron chi connectivity index (χ1n) is 6.44. The van der Waals surface area contributed by atoms with E-state index in [0.29, 0.717) is 6.42 Å². The molecule has 7 nitrogen and oxygen atoms in total. The summed E-state index contributed by atoms with van der Waals surface area (Å²) in [7, 11) is 1.23. The number of amides is 2. The highest BCUT2D eigenvalue weighted by Crippen LogP contribution is 2.03. The normalized spacial score (nSPS) is 11.3. The van der Waals surface area contributed by atoms with Gasteiger partial charge in [0.1, 0.15) is 12.6 Å². The van der Waals surface area contributed by atoms with Crippen LogP contribution in [0.1, 0.15) is 5.56 Å². The predicted octanol–water partition coefficient (Wildman–Crippen LogP) is -1.04. The highest BCUT2D eigenvalue weighted by molar-refractivity contribution is 5.90. The minimum Gasteiger partial charge on any atom is -0.468 e. The van der Waals surface area contributed by atoms with Crippen LogP contribution in [-0.4, -0.2) is 44.0 Å². The molecule has 0 aliphatic heterocycles. The second kappa shape index (κ2) is 8.70. The highest BCUT2D eigenvalue weighted by Gasteiger charge is 2.21. The number of carbonyl (C=O) groups is 3. The van der Waals surface area contributed by atoms with Gasteiger partial charge in [0, 0.05) is 6.42 Å². The number of benzene rings is 1. The third kappa shape index (κ3) is 6.05. The van der Waals surface area contributed by atoms with Gasteiger partial charge in [0.2, 0.25) is 11.8 Å². The van der Waals surface area contributed by atoms with Crippen LogP contribution in [0.5, 0.6) is 0 Å². The van der Waals surface area contributed by atoms with Gasteiger partial charge in [0.05, 0.1) is 13.7 Å². The number of nitrogens with two attached hydrogens (primary N) is 1. The van der Waals surface area contributed by atoms with Gasteiger partial charge in [-0.1, -0.05) is 30.3 Å². The molecule has 0 unspecified atom stereocenters. The van der Waals surface area contributed by atoms with Crippen molar-refractivity contribution >= 4 is 17.8 Å². The van der Waals surface area contributed by atoms with Crippen molar-refractivity contribution in [2.24, 2.45) is 5.73 Å². The number of nitrogens with one attached hydrogen (secondary N) is 2. The maximum absolute atomic E-state index is 12.0. The molecule has 2 amide bonds. The van der Waals surface area contributed by atoms with Crippen LogP contribution < -0.4 is 16.4 Å². The van der Waals surface area contributed by atoms with Gasteiger partial charge < -0.3 is 21.1 Å². The fraction of sp³-hybridized carbons (Fsp3) is 0.357. The van der Waals surface area contributed by atoms with E-state index in [-0.39, 0.29) is 13.1 Å². The van der Waals surface area contributed by atoms with Gasteiger partial charge in [0.15, 0.2) is 0 Å². The molecule has 0 heterocycles. The molecule has 0 fully saturated rings. The Hall–Kier alpha value is -2.41. The van der Waals surface area contributed by atoms with Gasteiger partial charge in [-0.2, -0.15) is 0 Å². The minimum atomic E-state index is -0.798. The number of carbonyl (C=O) groups excluding carboxylic acids is 3. The molecule has 4 N–H and O–H groups in total. The van der Waals surface area contributed by atoms with E-state index in [9.17, 15) is 14.4 Å². The van der Waals surface area contributed by atoms with Gasteiger partial charge in [0.25, 0.3) is 0 Å². The molecule has 0 radical (unpaired) electrons. The zero-order chi connectivity index (χ0) is 15.7. The number of ether oxygens (including phenoxy) is 1. The first-order chi connectivity index (χ1) is 10.1. The largest absolute Gasteiger partial charge is 0.468 e. The number of rotatable bonds is 7. The molecule has 0 bridgehead atoms. The third-order valence-corrected chi connectivity index (χ3v) is 2.75. The first kappa shape index (κ1) is 16.6. The van der Waals surface area contributed by atoms with Crippen LogP contribution in [0.4, 0.5) is 0 Å². The van der Waals surface area contributed by atoms with Crippen LogP contribution in [0, 0.1) is 0 Å². The molecule has 1 aromatic carbocycles. The van der Waals surface area contributed by atoms with E-state index in [2.05, 4.69) is 15.4 Å². The number of methoxy groups -OCH3 is 1. The van der Waals surface area contributed by atoms with E-state index in [4.69, 9.17) is 5.73 Å². The van der Waals surface area contributed by atoms with Crippen molar-refractivity contribution in [1.29, 1.82) is 0 Å². The Morgan fingerprint density at radius 3 is 2.48 bits per heavy atom. The van der Waals surface area contributed by atoms with Crippen molar-refractivity contribution in [1.82, 2.24) is 10.6 Å². The Labute approximate surface area is 122 Å². The van der Waals surface area contributed by atoms with Gasteiger partial charge in [-0.3, -0.25) is 14.4 Å². The lowest BCUT2D eigenvalue weighted by Crippen LogP contribution is -2.50. The maximum atomic E-state index is 12.0. The van der Waals surface area contributed by atoms with E-state index >= 15 is 0 Å². The third-order valence-electron chi connectivity index (χ3n) is 2.75. The summed E-state index contributed by atoms with van der Waals surface area (Å²) in [5.74, 6) is -1.47. The van der Waals surface area contributed by atoms with Crippen LogP contribution in [0.3, 0.4) is 0 Å². The van der Waals surface area contributed by atoms with Crippen LogP contribution in [0.15, 0.2) is 30.3 Å². The van der Waals surface area contributed by atoms with Crippen LogP contribution in [0.2, 0.25) is 0 Å². The molecular formula is C14H19N3O4. The Morgan fingerprint density at radius 2 is 1.90 bits per heavy atom. The first-order valence-corrected chi connectivity index (χ1v) is 6.44. The monoisotopic (exact) mass is 293 g/mol. The van der Waals surface area contributed by atoms with Crippen molar-refractivity contribution in [3.63, 3.8) is 0 Å². The second-order valence-electron chi connectivity index (χ2n) is 4.31. The smallest absolute Gasteiger partial charge is 0.325 e. The summed E-state index contributed by atoms with van der Waals surface area (Å²) < 4.78 is 4.44. The van der Waals surface area contributed by atoms with Crippen molar-refractivity contribution in [3.05, 3.63) is 35.9 Å². The van der Waals surface area contributed by atoms with Gasteiger partial charge in [-0.25, -0.2) is 0 Å². The van der Waals surface area contributed by atoms with Crippen LogP contribution in [-0.2, 0) is 25.5 Å². The summed E-state index contributed by atoms with van der Waals surface area (Å²) in [4.78, 5) is 34.5. The SMILES string of the molecule is COC(=O)CNC(=O)[C@H](Cc1ccccc1)NC(=O)CN. The van der Waals surface area contributed by atoms with E-state index < -0.39 is 23.8 Å². The summed E-state index contributed by atoms with van der Waals surface area (Å²) >= 11 is 0. The highest BCUT2D eigenvalue weighted by atomic mass is 16.5. The molecule has 21 heavy (non-hydrogen) atoms. The molecule has 114 valence electrons. The van der Waals surface area contributed by atoms with E-state index in [1.807, 2.05) is 30.3 Å². The number of hydrogen-bond acceptors (Lipinski definition) is 5. The number of hydrogen-bond donors (Lipinski definition) is 3. The molecular weight excluding hydrogens is 274 g/mol. The Kier molecular flexibility index (Phi) is 6.90. The van der Waals surface area contributed by atoms with Crippen molar-refractivity contribution in [3.8, 4) is 0 Å². The lowest BCUT2D eigenvalue weighted by atomic mass is 10.1. The molecule has 0 aliphatic carbocycles. The summed E-state index contributed by atoms with van der Waals surface area (Å²) in [5.41, 5.74) is 6.12. The Bertz CT molecular complexity index is 490. The average Bonchev–Trinajstić information content (AvgIpc) is 2.52. The van der Waals surface area contributed by atoms with Crippen molar-refractivity contribution in [2.45, 2.75) is 12.5 Å². The average molecular weight is 293 g/mol. The molecule has 0 saturated carbocycles. The van der Waals surface area contributed by atoms with E-state index in [1.165, 1.54) is 7.11 Å². The minimum absolute atomic E-state index is 0.213. The maximum Gasteiger partial charge on any atom is 0.325 e. The van der Waals surface area contributed by atoms with E-state index in [1.54, 1.807) is 0 Å². The molecule has 7 heteroatoms.